The maximum atomic E-state index is 12.7. The molecule has 0 aromatic heterocycles. The summed E-state index contributed by atoms with van der Waals surface area (Å²) >= 11 is 0. The summed E-state index contributed by atoms with van der Waals surface area (Å²) in [4.78, 5) is 26.1. The van der Waals surface area contributed by atoms with Crippen LogP contribution < -0.4 is 25.0 Å². The van der Waals surface area contributed by atoms with Gasteiger partial charge in [0.25, 0.3) is 0 Å². The van der Waals surface area contributed by atoms with Crippen molar-refractivity contribution in [3.8, 4) is 11.5 Å². The highest BCUT2D eigenvalue weighted by molar-refractivity contribution is 5.89. The number of methoxy groups -OCH3 is 2. The summed E-state index contributed by atoms with van der Waals surface area (Å²) < 4.78 is 42.8. The Morgan fingerprint density at radius 2 is 1.68 bits per heavy atom. The molecule has 0 radical (unpaired) electrons. The van der Waals surface area contributed by atoms with Crippen molar-refractivity contribution in [3.05, 3.63) is 48.0 Å². The topological polar surface area (TPSA) is 103 Å². The molecule has 2 aliphatic rings. The predicted molar refractivity (Wildman–Crippen MR) is 147 cm³/mol. The number of hydrogen-bond acceptors (Lipinski definition) is 6. The molecule has 4 rings (SSSR count). The first kappa shape index (κ1) is 30.9. The summed E-state index contributed by atoms with van der Waals surface area (Å²) in [5.74, 6) is -1.23. The van der Waals surface area contributed by atoms with Gasteiger partial charge in [-0.15, -0.1) is 0 Å². The summed E-state index contributed by atoms with van der Waals surface area (Å²) in [5, 5.41) is 13.3. The normalized spacial score (nSPS) is 22.3. The van der Waals surface area contributed by atoms with Crippen LogP contribution in [-0.2, 0) is 10.2 Å². The highest BCUT2D eigenvalue weighted by atomic mass is 19.4. The maximum Gasteiger partial charge on any atom is 0.490 e. The lowest BCUT2D eigenvalue weighted by Gasteiger charge is -2.45. The summed E-state index contributed by atoms with van der Waals surface area (Å²) in [6.07, 6.45) is -1.07. The smallest absolute Gasteiger partial charge is 0.490 e. The minimum absolute atomic E-state index is 0.0744. The van der Waals surface area contributed by atoms with E-state index in [0.717, 1.165) is 55.1 Å². The van der Waals surface area contributed by atoms with E-state index in [1.165, 1.54) is 5.56 Å². The lowest BCUT2D eigenvalue weighted by Crippen LogP contribution is -2.52. The number of fused-ring (bicyclic) bond motifs is 1. The average Bonchev–Trinajstić information content (AvgIpc) is 3.25. The number of rotatable bonds is 6. The lowest BCUT2D eigenvalue weighted by molar-refractivity contribution is -0.192. The summed E-state index contributed by atoms with van der Waals surface area (Å²) in [5.41, 5.74) is 3.28. The molecule has 220 valence electrons. The van der Waals surface area contributed by atoms with E-state index in [1.807, 2.05) is 49.3 Å². The minimum Gasteiger partial charge on any atom is -0.493 e. The molecule has 1 saturated heterocycles. The van der Waals surface area contributed by atoms with Crippen molar-refractivity contribution in [1.29, 1.82) is 0 Å². The van der Waals surface area contributed by atoms with Crippen molar-refractivity contribution in [2.45, 2.75) is 49.4 Å². The molecule has 2 fully saturated rings. The van der Waals surface area contributed by atoms with Gasteiger partial charge in [-0.3, -0.25) is 0 Å². The number of carbonyl (C=O) groups is 2. The molecular formula is C28H37F3N4O5. The van der Waals surface area contributed by atoms with Gasteiger partial charge in [0.2, 0.25) is 0 Å². The van der Waals surface area contributed by atoms with E-state index >= 15 is 0 Å². The van der Waals surface area contributed by atoms with Gasteiger partial charge < -0.3 is 35.0 Å². The molecule has 1 saturated carbocycles. The van der Waals surface area contributed by atoms with Crippen molar-refractivity contribution >= 4 is 23.4 Å². The second-order valence-electron chi connectivity index (χ2n) is 10.3. The fourth-order valence-corrected chi connectivity index (χ4v) is 5.59. The number of amides is 2. The molecule has 2 aromatic rings. The summed E-state index contributed by atoms with van der Waals surface area (Å²) in [6, 6.07) is 14.6. The van der Waals surface area contributed by atoms with Gasteiger partial charge in [-0.05, 0) is 81.2 Å². The number of carbonyl (C=O) groups excluding carboxylic acids is 1. The van der Waals surface area contributed by atoms with E-state index in [9.17, 15) is 18.0 Å². The molecule has 9 nitrogen and oxygen atoms in total. The third kappa shape index (κ3) is 7.09. The van der Waals surface area contributed by atoms with Gasteiger partial charge in [0.15, 0.2) is 11.5 Å². The van der Waals surface area contributed by atoms with Crippen LogP contribution in [0.25, 0.3) is 0 Å². The molecule has 0 spiro atoms. The van der Waals surface area contributed by atoms with E-state index in [4.69, 9.17) is 19.4 Å². The van der Waals surface area contributed by atoms with Crippen LogP contribution in [0.15, 0.2) is 42.5 Å². The molecule has 0 bridgehead atoms. The first-order valence-electron chi connectivity index (χ1n) is 12.9. The van der Waals surface area contributed by atoms with Gasteiger partial charge in [0.1, 0.15) is 0 Å². The lowest BCUT2D eigenvalue weighted by atomic mass is 9.65. The van der Waals surface area contributed by atoms with Crippen molar-refractivity contribution in [2.75, 3.05) is 52.1 Å². The number of urea groups is 1. The van der Waals surface area contributed by atoms with Crippen molar-refractivity contribution in [3.63, 3.8) is 0 Å². The number of alkyl halides is 3. The number of nitrogens with zero attached hydrogens (tertiary/aromatic N) is 2. The van der Waals surface area contributed by atoms with Gasteiger partial charge in [-0.25, -0.2) is 9.59 Å². The van der Waals surface area contributed by atoms with Crippen LogP contribution in [0.5, 0.6) is 11.5 Å². The molecule has 1 aliphatic carbocycles. The molecule has 1 aliphatic heterocycles. The zero-order valence-corrected chi connectivity index (χ0v) is 23.3. The zero-order valence-electron chi connectivity index (χ0n) is 23.3. The fourth-order valence-electron chi connectivity index (χ4n) is 5.59. The van der Waals surface area contributed by atoms with Crippen LogP contribution in [0, 0.1) is 0 Å². The summed E-state index contributed by atoms with van der Waals surface area (Å²) in [6.45, 7) is 1.05. The highest BCUT2D eigenvalue weighted by Gasteiger charge is 2.50. The molecule has 1 heterocycles. The number of carboxylic acid groups (broad SMARTS) is 1. The minimum atomic E-state index is -5.08. The van der Waals surface area contributed by atoms with Gasteiger partial charge in [-0.1, -0.05) is 6.07 Å². The fraction of sp³-hybridized carbons (Fsp3) is 0.500. The van der Waals surface area contributed by atoms with Crippen LogP contribution in [0.2, 0.25) is 0 Å². The van der Waals surface area contributed by atoms with Crippen LogP contribution in [-0.4, -0.2) is 82.2 Å². The van der Waals surface area contributed by atoms with E-state index < -0.39 is 12.1 Å². The molecular weight excluding hydrogens is 529 g/mol. The highest BCUT2D eigenvalue weighted by Crippen LogP contribution is 2.49. The van der Waals surface area contributed by atoms with Crippen molar-refractivity contribution in [2.24, 2.45) is 0 Å². The Bertz CT molecular complexity index is 1180. The molecule has 2 amide bonds. The van der Waals surface area contributed by atoms with Gasteiger partial charge in [0.05, 0.1) is 14.2 Å². The SMILES string of the molecule is COc1ccc(C23CCC(NC(=O)Nc4ccc(N(C)C)cc4)CC2N(C)CC3)cc1OC.O=C(O)C(F)(F)F. The van der Waals surface area contributed by atoms with Crippen LogP contribution in [0.1, 0.15) is 31.2 Å². The predicted octanol–water partition coefficient (Wildman–Crippen LogP) is 4.72. The molecule has 2 aromatic carbocycles. The molecule has 12 heteroatoms. The van der Waals surface area contributed by atoms with Crippen LogP contribution in [0.3, 0.4) is 0 Å². The number of likely N-dealkylation sites (tertiary alicyclic amines) is 1. The third-order valence-corrected chi connectivity index (χ3v) is 7.70. The first-order chi connectivity index (χ1) is 18.8. The molecule has 40 heavy (non-hydrogen) atoms. The Balaban J connectivity index is 0.000000559. The van der Waals surface area contributed by atoms with Crippen LogP contribution >= 0.6 is 0 Å². The molecule has 3 unspecified atom stereocenters. The Morgan fingerprint density at radius 3 is 2.23 bits per heavy atom. The number of ether oxygens (including phenoxy) is 2. The molecule has 3 N–H and O–H groups in total. The molecule has 3 atom stereocenters. The number of hydrogen-bond donors (Lipinski definition) is 3. The monoisotopic (exact) mass is 566 g/mol. The Morgan fingerprint density at radius 1 is 1.05 bits per heavy atom. The van der Waals surface area contributed by atoms with Gasteiger partial charge >= 0.3 is 18.2 Å². The van der Waals surface area contributed by atoms with E-state index in [-0.39, 0.29) is 17.5 Å². The van der Waals surface area contributed by atoms with E-state index in [0.29, 0.717) is 6.04 Å². The number of carboxylic acids is 1. The standard InChI is InChI=1S/C26H36N4O3.C2HF3O2/c1-29(2)21-9-7-19(8-10-21)27-25(31)28-20-12-13-26(14-15-30(3)24(26)17-20)18-6-11-22(32-4)23(16-18)33-5;3-2(4,5)1(6)7/h6-11,16,20,24H,12-15,17H2,1-5H3,(H2,27,28,31);(H,6,7). The second kappa shape index (κ2) is 12.7. The van der Waals surface area contributed by atoms with Gasteiger partial charge in [0, 0.05) is 43.0 Å². The number of anilines is 2. The second-order valence-corrected chi connectivity index (χ2v) is 10.3. The number of halogens is 3. The quantitative estimate of drug-likeness (QED) is 0.465. The van der Waals surface area contributed by atoms with E-state index in [2.05, 4.69) is 34.7 Å². The van der Waals surface area contributed by atoms with Crippen molar-refractivity contribution in [1.82, 2.24) is 10.2 Å². The first-order valence-corrected chi connectivity index (χ1v) is 12.9. The Kier molecular flexibility index (Phi) is 9.78. The number of benzene rings is 2. The van der Waals surface area contributed by atoms with Crippen molar-refractivity contribution < 1.29 is 37.3 Å². The number of nitrogens with one attached hydrogen (secondary N) is 2. The van der Waals surface area contributed by atoms with Gasteiger partial charge in [-0.2, -0.15) is 13.2 Å². The maximum absolute atomic E-state index is 12.7. The van der Waals surface area contributed by atoms with E-state index in [1.54, 1.807) is 14.2 Å². The summed E-state index contributed by atoms with van der Waals surface area (Å²) in [7, 11) is 9.55. The zero-order chi connectivity index (χ0) is 29.7. The third-order valence-electron chi connectivity index (χ3n) is 7.70. The largest absolute Gasteiger partial charge is 0.493 e. The Labute approximate surface area is 232 Å². The Hall–Kier alpha value is -3.67. The number of likely N-dealkylation sites (N-methyl/N-ethyl adjacent to an activating group) is 1. The number of aliphatic carboxylic acids is 1. The average molecular weight is 567 g/mol. The van der Waals surface area contributed by atoms with Crippen LogP contribution in [0.4, 0.5) is 29.3 Å².